The molecule has 3 rings (SSSR count). The minimum Gasteiger partial charge on any atom is -0.497 e. The number of nitrogens with zero attached hydrogens (tertiary/aromatic N) is 1. The molecule has 0 radical (unpaired) electrons. The van der Waals surface area contributed by atoms with Crippen LogP contribution in [0.1, 0.15) is 23.1 Å². The molecule has 0 saturated heterocycles. The predicted molar refractivity (Wildman–Crippen MR) is 91.0 cm³/mol. The van der Waals surface area contributed by atoms with Gasteiger partial charge in [0.25, 0.3) is 0 Å². The highest BCUT2D eigenvalue weighted by Crippen LogP contribution is 2.29. The Bertz CT molecular complexity index is 773. The second kappa shape index (κ2) is 7.78. The average Bonchev–Trinajstić information content (AvgIpc) is 3.10. The van der Waals surface area contributed by atoms with Gasteiger partial charge in [-0.05, 0) is 42.0 Å². The van der Waals surface area contributed by atoms with Crippen molar-refractivity contribution in [2.45, 2.75) is 25.2 Å². The van der Waals surface area contributed by atoms with Gasteiger partial charge in [0.1, 0.15) is 18.8 Å². The Morgan fingerprint density at radius 2 is 1.96 bits per heavy atom. The quantitative estimate of drug-likeness (QED) is 0.856. The number of quaternary nitrogens is 1. The van der Waals surface area contributed by atoms with E-state index in [1.54, 1.807) is 13.2 Å². The normalized spacial score (nSPS) is 16.9. The maximum atomic E-state index is 12.7. The van der Waals surface area contributed by atoms with E-state index in [4.69, 9.17) is 9.57 Å². The highest BCUT2D eigenvalue weighted by atomic mass is 19.4. The zero-order valence-electron chi connectivity index (χ0n) is 14.3. The Morgan fingerprint density at radius 3 is 2.65 bits per heavy atom. The lowest BCUT2D eigenvalue weighted by atomic mass is 10.0. The zero-order chi connectivity index (χ0) is 18.6. The molecule has 0 saturated carbocycles. The number of methoxy groups -OCH3 is 1. The summed E-state index contributed by atoms with van der Waals surface area (Å²) < 4.78 is 43.3. The fourth-order valence-electron chi connectivity index (χ4n) is 2.82. The van der Waals surface area contributed by atoms with Crippen LogP contribution in [0, 0.1) is 0 Å². The molecule has 0 amide bonds. The summed E-state index contributed by atoms with van der Waals surface area (Å²) in [4.78, 5) is 5.44. The molecular weight excluding hydrogens is 345 g/mol. The van der Waals surface area contributed by atoms with Gasteiger partial charge in [0.15, 0.2) is 6.10 Å². The molecule has 0 aliphatic carbocycles. The highest BCUT2D eigenvalue weighted by Gasteiger charge is 2.30. The minimum absolute atomic E-state index is 0.0853. The second-order valence-electron chi connectivity index (χ2n) is 6.12. The van der Waals surface area contributed by atoms with Crippen LogP contribution in [0.15, 0.2) is 53.7 Å². The van der Waals surface area contributed by atoms with Crippen LogP contribution in [0.3, 0.4) is 0 Å². The SMILES string of the molecule is COc1ccc(C2=NO[C@@H](C[NH2+]Cc3cccc(C(F)(F)F)c3)C2)cc1. The molecule has 1 heterocycles. The molecule has 26 heavy (non-hydrogen) atoms. The van der Waals surface area contributed by atoms with Crippen LogP contribution >= 0.6 is 0 Å². The molecule has 4 nitrogen and oxygen atoms in total. The van der Waals surface area contributed by atoms with Crippen LogP contribution in [0.5, 0.6) is 5.75 Å². The van der Waals surface area contributed by atoms with Gasteiger partial charge in [0, 0.05) is 12.0 Å². The summed E-state index contributed by atoms with van der Waals surface area (Å²) in [5, 5.41) is 6.06. The van der Waals surface area contributed by atoms with Crippen molar-refractivity contribution in [1.29, 1.82) is 0 Å². The third-order valence-corrected chi connectivity index (χ3v) is 4.22. The van der Waals surface area contributed by atoms with E-state index in [0.717, 1.165) is 23.1 Å². The maximum Gasteiger partial charge on any atom is 0.416 e. The van der Waals surface area contributed by atoms with Gasteiger partial charge in [-0.25, -0.2) is 0 Å². The number of halogens is 3. The molecule has 7 heteroatoms. The fourth-order valence-corrected chi connectivity index (χ4v) is 2.82. The molecule has 0 fully saturated rings. The summed E-state index contributed by atoms with van der Waals surface area (Å²) in [6.45, 7) is 1.08. The van der Waals surface area contributed by atoms with E-state index in [1.165, 1.54) is 12.1 Å². The van der Waals surface area contributed by atoms with Gasteiger partial charge in [-0.15, -0.1) is 0 Å². The van der Waals surface area contributed by atoms with E-state index in [9.17, 15) is 13.2 Å². The van der Waals surface area contributed by atoms with Gasteiger partial charge in [-0.1, -0.05) is 17.3 Å². The summed E-state index contributed by atoms with van der Waals surface area (Å²) in [6, 6.07) is 13.0. The Balaban J connectivity index is 1.48. The van der Waals surface area contributed by atoms with E-state index in [1.807, 2.05) is 29.6 Å². The topological polar surface area (TPSA) is 47.4 Å². The van der Waals surface area contributed by atoms with Gasteiger partial charge >= 0.3 is 6.18 Å². The Labute approximate surface area is 149 Å². The third kappa shape index (κ3) is 4.54. The fraction of sp³-hybridized carbons (Fsp3) is 0.316. The lowest BCUT2D eigenvalue weighted by Crippen LogP contribution is -2.84. The lowest BCUT2D eigenvalue weighted by Gasteiger charge is -2.10. The van der Waals surface area contributed by atoms with Gasteiger partial charge in [0.2, 0.25) is 0 Å². The average molecular weight is 365 g/mol. The molecule has 2 aromatic carbocycles. The van der Waals surface area contributed by atoms with Crippen LogP contribution in [-0.2, 0) is 17.6 Å². The first kappa shape index (κ1) is 18.3. The van der Waals surface area contributed by atoms with Gasteiger partial charge < -0.3 is 14.9 Å². The first-order valence-electron chi connectivity index (χ1n) is 8.30. The number of nitrogens with two attached hydrogens (primary N) is 1. The molecule has 138 valence electrons. The van der Waals surface area contributed by atoms with Crippen molar-refractivity contribution in [1.82, 2.24) is 0 Å². The number of rotatable bonds is 6. The highest BCUT2D eigenvalue weighted by molar-refractivity contribution is 6.01. The minimum atomic E-state index is -4.31. The standard InChI is InChI=1S/C19H19F3N2O2/c1-25-16-7-5-14(6-8-16)18-10-17(26-24-18)12-23-11-13-3-2-4-15(9-13)19(20,21)22/h2-9,17,23H,10-12H2,1H3/p+1/t17-/m1/s1. The third-order valence-electron chi connectivity index (χ3n) is 4.22. The molecule has 2 aromatic rings. The monoisotopic (exact) mass is 365 g/mol. The first-order valence-corrected chi connectivity index (χ1v) is 8.30. The lowest BCUT2D eigenvalue weighted by molar-refractivity contribution is -0.676. The van der Waals surface area contributed by atoms with Crippen molar-refractivity contribution in [3.8, 4) is 5.75 Å². The van der Waals surface area contributed by atoms with Crippen LogP contribution < -0.4 is 10.1 Å². The van der Waals surface area contributed by atoms with E-state index in [2.05, 4.69) is 5.16 Å². The van der Waals surface area contributed by atoms with E-state index < -0.39 is 11.7 Å². The predicted octanol–water partition coefficient (Wildman–Crippen LogP) is 2.97. The number of hydrogen-bond donors (Lipinski definition) is 1. The van der Waals surface area contributed by atoms with Gasteiger partial charge in [-0.2, -0.15) is 13.2 Å². The molecule has 2 N–H and O–H groups in total. The molecule has 1 aliphatic heterocycles. The summed E-state index contributed by atoms with van der Waals surface area (Å²) in [5.41, 5.74) is 1.86. The number of alkyl halides is 3. The number of hydrogen-bond acceptors (Lipinski definition) is 3. The van der Waals surface area contributed by atoms with E-state index >= 15 is 0 Å². The van der Waals surface area contributed by atoms with Crippen molar-refractivity contribution in [3.63, 3.8) is 0 Å². The summed E-state index contributed by atoms with van der Waals surface area (Å²) in [7, 11) is 1.61. The van der Waals surface area contributed by atoms with Crippen molar-refractivity contribution >= 4 is 5.71 Å². The van der Waals surface area contributed by atoms with Crippen LogP contribution in [0.2, 0.25) is 0 Å². The molecule has 0 unspecified atom stereocenters. The van der Waals surface area contributed by atoms with E-state index in [0.29, 0.717) is 25.1 Å². The van der Waals surface area contributed by atoms with Crippen molar-refractivity contribution in [3.05, 3.63) is 65.2 Å². The van der Waals surface area contributed by atoms with Crippen LogP contribution in [0.4, 0.5) is 13.2 Å². The van der Waals surface area contributed by atoms with Gasteiger partial charge in [0.05, 0.1) is 18.4 Å². The molecule has 1 atom stereocenters. The van der Waals surface area contributed by atoms with Crippen molar-refractivity contribution in [2.24, 2.45) is 5.16 Å². The van der Waals surface area contributed by atoms with Crippen LogP contribution in [0.25, 0.3) is 0 Å². The summed E-state index contributed by atoms with van der Waals surface area (Å²) in [6.07, 6.45) is -3.73. The number of oxime groups is 1. The van der Waals surface area contributed by atoms with Crippen molar-refractivity contribution < 1.29 is 28.1 Å². The molecule has 0 aromatic heterocycles. The van der Waals surface area contributed by atoms with E-state index in [-0.39, 0.29) is 6.10 Å². The summed E-state index contributed by atoms with van der Waals surface area (Å²) >= 11 is 0. The van der Waals surface area contributed by atoms with Crippen LogP contribution in [-0.4, -0.2) is 25.5 Å². The second-order valence-corrected chi connectivity index (χ2v) is 6.12. The number of ether oxygens (including phenoxy) is 1. The molecule has 1 aliphatic rings. The van der Waals surface area contributed by atoms with Gasteiger partial charge in [-0.3, -0.25) is 0 Å². The zero-order valence-corrected chi connectivity index (χ0v) is 14.3. The largest absolute Gasteiger partial charge is 0.497 e. The Kier molecular flexibility index (Phi) is 5.46. The Hall–Kier alpha value is -2.54. The van der Waals surface area contributed by atoms with Crippen molar-refractivity contribution in [2.75, 3.05) is 13.7 Å². The maximum absolute atomic E-state index is 12.7. The first-order chi connectivity index (χ1) is 12.5. The molecule has 0 spiro atoms. The Morgan fingerprint density at radius 1 is 1.19 bits per heavy atom. The molecular formula is C19H20F3N2O2+. The smallest absolute Gasteiger partial charge is 0.416 e. The number of benzene rings is 2. The molecule has 0 bridgehead atoms. The summed E-state index contributed by atoms with van der Waals surface area (Å²) in [5.74, 6) is 0.777.